The van der Waals surface area contributed by atoms with Gasteiger partial charge in [-0.1, -0.05) is 60.7 Å². The molecule has 2 heterocycles. The van der Waals surface area contributed by atoms with Gasteiger partial charge in [-0.15, -0.1) is 0 Å². The Hall–Kier alpha value is -4.45. The van der Waals surface area contributed by atoms with Crippen LogP contribution in [0.2, 0.25) is 0 Å². The molecule has 4 N–H and O–H groups in total. The zero-order chi connectivity index (χ0) is 30.9. The minimum Gasteiger partial charge on any atom is -0.480 e. The molecule has 3 amide bonds. The summed E-state index contributed by atoms with van der Waals surface area (Å²) in [5, 5.41) is 25.1. The molecular weight excluding hydrogens is 556 g/mol. The van der Waals surface area contributed by atoms with Crippen LogP contribution in [0.4, 0.5) is 4.79 Å². The second-order valence-corrected chi connectivity index (χ2v) is 11.0. The van der Waals surface area contributed by atoms with Crippen LogP contribution in [-0.2, 0) is 36.9 Å². The Balaban J connectivity index is 1.35. The number of rotatable bonds is 12. The molecule has 0 saturated carbocycles. The van der Waals surface area contributed by atoms with Crippen LogP contribution in [0.25, 0.3) is 0 Å². The Morgan fingerprint density at radius 3 is 2.26 bits per heavy atom. The van der Waals surface area contributed by atoms with E-state index in [2.05, 4.69) is 10.6 Å². The molecule has 2 aromatic carbocycles. The number of ether oxygens (including phenoxy) is 1. The lowest BCUT2D eigenvalue weighted by Crippen LogP contribution is -2.59. The van der Waals surface area contributed by atoms with Gasteiger partial charge >= 0.3 is 18.0 Å². The summed E-state index contributed by atoms with van der Waals surface area (Å²) in [6.07, 6.45) is 0.743. The number of hydrogen-bond acceptors (Lipinski definition) is 7. The Labute approximate surface area is 250 Å². The molecule has 2 aliphatic heterocycles. The summed E-state index contributed by atoms with van der Waals surface area (Å²) in [6, 6.07) is 14.9. The summed E-state index contributed by atoms with van der Waals surface area (Å²) >= 11 is 0. The Morgan fingerprint density at radius 2 is 1.63 bits per heavy atom. The highest BCUT2D eigenvalue weighted by atomic mass is 16.5. The molecule has 0 bridgehead atoms. The molecule has 2 saturated heterocycles. The van der Waals surface area contributed by atoms with E-state index in [-0.39, 0.29) is 44.4 Å². The number of piperidine rings is 1. The van der Waals surface area contributed by atoms with Gasteiger partial charge in [0.25, 0.3) is 0 Å². The highest BCUT2D eigenvalue weighted by molar-refractivity contribution is 5.89. The van der Waals surface area contributed by atoms with Crippen molar-refractivity contribution in [2.45, 2.75) is 63.4 Å². The normalized spacial score (nSPS) is 20.9. The maximum Gasteiger partial charge on any atom is 0.407 e. The Bertz CT molecular complexity index is 1290. The van der Waals surface area contributed by atoms with Crippen LogP contribution < -0.4 is 10.6 Å². The standard InChI is InChI=1S/C31H38N4O8/c1-20(33-24(29(38)39)13-12-21-8-4-2-5-9-21)28(37)35-25(30(40)41)16-23-14-15-34(18-26(23)35)27(36)17-32-31(42)43-19-22-10-6-3-7-11-22/h2-11,20,23-26,33H,12-19H2,1H3,(H,32,42)(H,38,39)(H,40,41)/t20-,23-,24-,25-,26+/m1/s1. The number of nitrogens with one attached hydrogen (secondary N) is 2. The van der Waals surface area contributed by atoms with Crippen molar-refractivity contribution < 1.29 is 38.9 Å². The van der Waals surface area contributed by atoms with Crippen LogP contribution in [0.1, 0.15) is 37.3 Å². The second-order valence-electron chi connectivity index (χ2n) is 11.0. The number of nitrogens with zero attached hydrogens (tertiary/aromatic N) is 2. The molecule has 0 unspecified atom stereocenters. The van der Waals surface area contributed by atoms with Crippen LogP contribution in [0.5, 0.6) is 0 Å². The van der Waals surface area contributed by atoms with Crippen LogP contribution in [-0.4, -0.2) is 93.7 Å². The minimum absolute atomic E-state index is 0.0587. The van der Waals surface area contributed by atoms with Crippen molar-refractivity contribution in [3.63, 3.8) is 0 Å². The molecule has 0 aliphatic carbocycles. The van der Waals surface area contributed by atoms with Crippen LogP contribution in [0.3, 0.4) is 0 Å². The number of hydrogen-bond donors (Lipinski definition) is 4. The number of benzene rings is 2. The lowest BCUT2D eigenvalue weighted by Gasteiger charge is -2.40. The SMILES string of the molecule is C[C@@H](N[C@H](CCc1ccccc1)C(=O)O)C(=O)N1[C@@H](C(=O)O)C[C@H]2CCN(C(=O)CNC(=O)OCc3ccccc3)C[C@@H]21. The van der Waals surface area contributed by atoms with Crippen molar-refractivity contribution in [1.29, 1.82) is 0 Å². The molecule has 5 atom stereocenters. The molecule has 2 aliphatic rings. The number of amides is 3. The van der Waals surface area contributed by atoms with Crippen LogP contribution in [0.15, 0.2) is 60.7 Å². The third-order valence-electron chi connectivity index (χ3n) is 8.11. The Morgan fingerprint density at radius 1 is 0.977 bits per heavy atom. The van der Waals surface area contributed by atoms with E-state index in [0.717, 1.165) is 11.1 Å². The fraction of sp³-hybridized carbons (Fsp3) is 0.452. The summed E-state index contributed by atoms with van der Waals surface area (Å²) in [5.74, 6) is -3.27. The van der Waals surface area contributed by atoms with Crippen molar-refractivity contribution in [2.75, 3.05) is 19.6 Å². The van der Waals surface area contributed by atoms with Gasteiger partial charge in [-0.05, 0) is 49.7 Å². The van der Waals surface area contributed by atoms with Crippen molar-refractivity contribution in [3.05, 3.63) is 71.8 Å². The molecule has 4 rings (SSSR count). The van der Waals surface area contributed by atoms with E-state index in [1.165, 1.54) is 16.7 Å². The molecule has 43 heavy (non-hydrogen) atoms. The monoisotopic (exact) mass is 594 g/mol. The van der Waals surface area contributed by atoms with E-state index in [9.17, 15) is 34.2 Å². The van der Waals surface area contributed by atoms with Crippen molar-refractivity contribution in [3.8, 4) is 0 Å². The van der Waals surface area contributed by atoms with Crippen LogP contribution in [0, 0.1) is 5.92 Å². The van der Waals surface area contributed by atoms with Gasteiger partial charge in [0, 0.05) is 13.1 Å². The predicted molar refractivity (Wildman–Crippen MR) is 155 cm³/mol. The van der Waals surface area contributed by atoms with Gasteiger partial charge in [0.05, 0.1) is 12.1 Å². The quantitative estimate of drug-likeness (QED) is 0.287. The maximum atomic E-state index is 13.7. The third kappa shape index (κ3) is 8.31. The molecule has 0 spiro atoms. The lowest BCUT2D eigenvalue weighted by molar-refractivity contribution is -0.152. The topological polar surface area (TPSA) is 166 Å². The van der Waals surface area contributed by atoms with Gasteiger partial charge < -0.3 is 30.1 Å². The van der Waals surface area contributed by atoms with Crippen molar-refractivity contribution >= 4 is 29.8 Å². The number of likely N-dealkylation sites (tertiary alicyclic amines) is 2. The van der Waals surface area contributed by atoms with E-state index in [4.69, 9.17) is 4.74 Å². The number of alkyl carbamates (subject to hydrolysis) is 1. The van der Waals surface area contributed by atoms with E-state index >= 15 is 0 Å². The molecular formula is C31H38N4O8. The first kappa shape index (κ1) is 31.5. The lowest BCUT2D eigenvalue weighted by atomic mass is 9.91. The molecule has 0 radical (unpaired) electrons. The minimum atomic E-state index is -1.14. The summed E-state index contributed by atoms with van der Waals surface area (Å²) in [6.45, 7) is 1.76. The number of carbonyl (C=O) groups is 5. The molecule has 2 fully saturated rings. The average Bonchev–Trinajstić information content (AvgIpc) is 3.40. The summed E-state index contributed by atoms with van der Waals surface area (Å²) in [4.78, 5) is 65.7. The third-order valence-corrected chi connectivity index (χ3v) is 8.11. The first-order valence-corrected chi connectivity index (χ1v) is 14.4. The number of aliphatic carboxylic acids is 2. The van der Waals surface area contributed by atoms with E-state index in [1.807, 2.05) is 60.7 Å². The van der Waals surface area contributed by atoms with E-state index in [1.54, 1.807) is 0 Å². The molecule has 2 aromatic rings. The average molecular weight is 595 g/mol. The van der Waals surface area contributed by atoms with Gasteiger partial charge in [0.1, 0.15) is 25.2 Å². The van der Waals surface area contributed by atoms with E-state index in [0.29, 0.717) is 19.4 Å². The van der Waals surface area contributed by atoms with Gasteiger partial charge in [0.15, 0.2) is 0 Å². The van der Waals surface area contributed by atoms with Crippen molar-refractivity contribution in [1.82, 2.24) is 20.4 Å². The van der Waals surface area contributed by atoms with Gasteiger partial charge in [-0.2, -0.15) is 0 Å². The zero-order valence-corrected chi connectivity index (χ0v) is 24.1. The Kier molecular flexibility index (Phi) is 10.7. The van der Waals surface area contributed by atoms with Crippen LogP contribution >= 0.6 is 0 Å². The van der Waals surface area contributed by atoms with Gasteiger partial charge in [-0.3, -0.25) is 19.7 Å². The van der Waals surface area contributed by atoms with Gasteiger partial charge in [-0.25, -0.2) is 9.59 Å². The highest BCUT2D eigenvalue weighted by Gasteiger charge is 2.50. The largest absolute Gasteiger partial charge is 0.480 e. The number of carboxylic acids is 2. The molecule has 230 valence electrons. The van der Waals surface area contributed by atoms with Crippen molar-refractivity contribution in [2.24, 2.45) is 5.92 Å². The number of fused-ring (bicyclic) bond motifs is 1. The first-order chi connectivity index (χ1) is 20.6. The number of carbonyl (C=O) groups excluding carboxylic acids is 3. The molecule has 12 nitrogen and oxygen atoms in total. The zero-order valence-electron chi connectivity index (χ0n) is 24.1. The fourth-order valence-corrected chi connectivity index (χ4v) is 5.83. The predicted octanol–water partition coefficient (Wildman–Crippen LogP) is 1.88. The summed E-state index contributed by atoms with van der Waals surface area (Å²) in [5.41, 5.74) is 1.77. The first-order valence-electron chi connectivity index (χ1n) is 14.4. The molecule has 12 heteroatoms. The van der Waals surface area contributed by atoms with E-state index < -0.39 is 48.1 Å². The maximum absolute atomic E-state index is 13.7. The smallest absolute Gasteiger partial charge is 0.407 e. The second kappa shape index (κ2) is 14.6. The molecule has 0 aromatic heterocycles. The summed E-state index contributed by atoms with van der Waals surface area (Å²) < 4.78 is 5.15. The number of aryl methyl sites for hydroxylation is 1. The summed E-state index contributed by atoms with van der Waals surface area (Å²) in [7, 11) is 0. The fourth-order valence-electron chi connectivity index (χ4n) is 5.83. The van der Waals surface area contributed by atoms with Gasteiger partial charge in [0.2, 0.25) is 11.8 Å². The number of carboxylic acid groups (broad SMARTS) is 2. The highest BCUT2D eigenvalue weighted by Crippen LogP contribution is 2.36.